The van der Waals surface area contributed by atoms with Crippen LogP contribution >= 0.6 is 24.6 Å². The predicted octanol–water partition coefficient (Wildman–Crippen LogP) is 0.788. The first-order valence-electron chi connectivity index (χ1n) is 4.61. The fourth-order valence-electron chi connectivity index (χ4n) is 1.17. The van der Waals surface area contributed by atoms with Gasteiger partial charge >= 0.3 is 0 Å². The van der Waals surface area contributed by atoms with Gasteiger partial charge in [0.2, 0.25) is 0 Å². The molecule has 0 amide bonds. The van der Waals surface area contributed by atoms with E-state index < -0.39 is 0 Å². The van der Waals surface area contributed by atoms with Crippen molar-refractivity contribution in [1.82, 2.24) is 20.2 Å². The Balaban J connectivity index is 0.00000225. The van der Waals surface area contributed by atoms with Crippen LogP contribution in [-0.2, 0) is 6.54 Å². The highest BCUT2D eigenvalue weighted by molar-refractivity contribution is 7.78. The zero-order chi connectivity index (χ0) is 11.1. The maximum Gasteiger partial charge on any atom is 0.168 e. The first-order valence-corrected chi connectivity index (χ1v) is 5.09. The van der Waals surface area contributed by atoms with Crippen LogP contribution in [0.25, 0.3) is 0 Å². The molecule has 0 aromatic carbocycles. The van der Waals surface area contributed by atoms with Gasteiger partial charge in [0.05, 0.1) is 25.1 Å². The summed E-state index contributed by atoms with van der Waals surface area (Å²) in [5.74, 6) is 0.613. The molecule has 1 atom stereocenters. The maximum absolute atomic E-state index is 8.45. The van der Waals surface area contributed by atoms with Crippen molar-refractivity contribution >= 4 is 30.0 Å². The third kappa shape index (κ3) is 4.18. The second kappa shape index (κ2) is 8.10. The number of aryl methyl sites for hydroxylation is 1. The average molecular weight is 261 g/mol. The van der Waals surface area contributed by atoms with Gasteiger partial charge in [0.1, 0.15) is 0 Å². The Morgan fingerprint density at radius 2 is 2.38 bits per heavy atom. The lowest BCUT2D eigenvalue weighted by molar-refractivity contribution is 0.526. The summed E-state index contributed by atoms with van der Waals surface area (Å²) in [7, 11) is 0. The third-order valence-corrected chi connectivity index (χ3v) is 2.16. The van der Waals surface area contributed by atoms with E-state index in [1.807, 2.05) is 6.07 Å². The minimum Gasteiger partial charge on any atom is -0.321 e. The molecule has 0 fully saturated rings. The van der Waals surface area contributed by atoms with Crippen LogP contribution in [0.4, 0.5) is 0 Å². The number of rotatable bonds is 6. The number of halogens is 1. The molecule has 16 heavy (non-hydrogen) atoms. The molecule has 88 valence electrons. The van der Waals surface area contributed by atoms with Crippen molar-refractivity contribution in [2.24, 2.45) is 5.73 Å². The van der Waals surface area contributed by atoms with Crippen molar-refractivity contribution in [2.45, 2.75) is 31.8 Å². The summed E-state index contributed by atoms with van der Waals surface area (Å²) in [6.45, 7) is 0.476. The van der Waals surface area contributed by atoms with E-state index in [1.165, 1.54) is 0 Å². The zero-order valence-electron chi connectivity index (χ0n) is 8.61. The van der Waals surface area contributed by atoms with E-state index in [9.17, 15) is 0 Å². The molecule has 0 aliphatic carbocycles. The van der Waals surface area contributed by atoms with E-state index in [0.29, 0.717) is 18.8 Å². The van der Waals surface area contributed by atoms with E-state index in [2.05, 4.69) is 15.5 Å². The van der Waals surface area contributed by atoms with Crippen LogP contribution < -0.4 is 5.73 Å². The average Bonchev–Trinajstić information content (AvgIpc) is 2.71. The molecule has 1 aromatic rings. The van der Waals surface area contributed by atoms with E-state index in [0.717, 1.165) is 12.8 Å². The normalized spacial score (nSPS) is 11.2. The van der Waals surface area contributed by atoms with Gasteiger partial charge in [-0.15, -0.1) is 17.5 Å². The summed E-state index contributed by atoms with van der Waals surface area (Å²) < 4.78 is 1.57. The number of nitrogens with two attached hydrogens (primary N) is 1. The number of aromatic nitrogens is 4. The van der Waals surface area contributed by atoms with Crippen molar-refractivity contribution in [3.05, 3.63) is 5.82 Å². The zero-order valence-corrected chi connectivity index (χ0v) is 10.2. The lowest BCUT2D eigenvalue weighted by Crippen LogP contribution is -2.17. The Labute approximate surface area is 105 Å². The first kappa shape index (κ1) is 14.9. The van der Waals surface area contributed by atoms with Gasteiger partial charge in [-0.05, 0) is 28.6 Å². The summed E-state index contributed by atoms with van der Waals surface area (Å²) in [5.41, 5.74) is 5.89. The Morgan fingerprint density at radius 1 is 1.62 bits per heavy atom. The quantitative estimate of drug-likeness (QED) is 0.760. The van der Waals surface area contributed by atoms with Crippen molar-refractivity contribution in [2.75, 3.05) is 0 Å². The molecule has 8 heteroatoms. The minimum absolute atomic E-state index is 0. The number of hydrogen-bond donors (Lipinski definition) is 1. The van der Waals surface area contributed by atoms with Crippen LogP contribution in [0.1, 0.15) is 31.1 Å². The molecule has 0 radical (unpaired) electrons. The molecule has 0 spiro atoms. The molecular formula is C8H13ClN6S. The molecule has 1 aromatic heterocycles. The van der Waals surface area contributed by atoms with Crippen LogP contribution in [0.15, 0.2) is 0 Å². The molecule has 2 N–H and O–H groups in total. The molecule has 0 aliphatic heterocycles. The summed E-state index contributed by atoms with van der Waals surface area (Å²) in [5, 5.41) is 21.3. The molecule has 0 aliphatic rings. The van der Waals surface area contributed by atoms with Crippen molar-refractivity contribution in [3.63, 3.8) is 0 Å². The van der Waals surface area contributed by atoms with E-state index in [-0.39, 0.29) is 18.4 Å². The van der Waals surface area contributed by atoms with E-state index in [1.54, 1.807) is 10.0 Å². The van der Waals surface area contributed by atoms with Crippen molar-refractivity contribution in [1.29, 1.82) is 5.26 Å². The molecule has 0 bridgehead atoms. The highest BCUT2D eigenvalue weighted by Gasteiger charge is 2.13. The monoisotopic (exact) mass is 260 g/mol. The van der Waals surface area contributed by atoms with Crippen LogP contribution in [-0.4, -0.2) is 25.6 Å². The number of hydrogen-bond acceptors (Lipinski definition) is 6. The summed E-state index contributed by atoms with van der Waals surface area (Å²) >= 11 is 4.72. The summed E-state index contributed by atoms with van der Waals surface area (Å²) in [6, 6.07) is 1.81. The van der Waals surface area contributed by atoms with Gasteiger partial charge in [-0.3, -0.25) is 0 Å². The Kier molecular flexibility index (Phi) is 7.54. The van der Waals surface area contributed by atoms with E-state index in [4.69, 9.17) is 23.2 Å². The van der Waals surface area contributed by atoms with Gasteiger partial charge in [-0.2, -0.15) is 5.26 Å². The molecular weight excluding hydrogens is 248 g/mol. The molecule has 1 heterocycles. The first-order chi connectivity index (χ1) is 7.29. The Morgan fingerprint density at radius 3 is 3.00 bits per heavy atom. The smallest absolute Gasteiger partial charge is 0.168 e. The summed E-state index contributed by atoms with van der Waals surface area (Å²) in [6.07, 6.45) is 1.84. The topological polar surface area (TPSA) is 93.4 Å². The Bertz CT molecular complexity index is 360. The predicted molar refractivity (Wildman–Crippen MR) is 65.1 cm³/mol. The number of thiocarbonyl (C=S) groups is 1. The van der Waals surface area contributed by atoms with Gasteiger partial charge < -0.3 is 5.73 Å². The van der Waals surface area contributed by atoms with Crippen LogP contribution in [0.5, 0.6) is 0 Å². The number of nitrogens with zero attached hydrogens (tertiary/aromatic N) is 5. The lowest BCUT2D eigenvalue weighted by atomic mass is 10.2. The fourth-order valence-corrected chi connectivity index (χ4v) is 1.31. The van der Waals surface area contributed by atoms with Crippen LogP contribution in [0.3, 0.4) is 0 Å². The fraction of sp³-hybridized carbons (Fsp3) is 0.625. The van der Waals surface area contributed by atoms with Gasteiger partial charge in [0.25, 0.3) is 0 Å². The third-order valence-electron chi connectivity index (χ3n) is 1.92. The number of tetrazole rings is 1. The maximum atomic E-state index is 8.45. The highest BCUT2D eigenvalue weighted by atomic mass is 35.5. The van der Waals surface area contributed by atoms with E-state index >= 15 is 0 Å². The Hall–Kier alpha value is -1.10. The van der Waals surface area contributed by atoms with Crippen LogP contribution in [0, 0.1) is 11.3 Å². The second-order valence-corrected chi connectivity index (χ2v) is 3.35. The van der Waals surface area contributed by atoms with Crippen molar-refractivity contribution < 1.29 is 0 Å². The molecule has 6 nitrogen and oxygen atoms in total. The highest BCUT2D eigenvalue weighted by Crippen LogP contribution is 2.11. The molecule has 1 rings (SSSR count). The minimum atomic E-state index is -0.224. The molecule has 1 unspecified atom stereocenters. The summed E-state index contributed by atoms with van der Waals surface area (Å²) in [4.78, 5) is 0. The second-order valence-electron chi connectivity index (χ2n) is 3.02. The standard InChI is InChI=1S/C8H12N6S.ClH/c9-4-2-5-14-8(11-12-13-14)7(10)3-1-6-15;/h6-7H,1-3,5,10H2;1H. The van der Waals surface area contributed by atoms with Crippen molar-refractivity contribution in [3.8, 4) is 6.07 Å². The largest absolute Gasteiger partial charge is 0.321 e. The molecule has 0 saturated carbocycles. The van der Waals surface area contributed by atoms with Crippen LogP contribution in [0.2, 0.25) is 0 Å². The molecule has 0 saturated heterocycles. The number of nitriles is 1. The van der Waals surface area contributed by atoms with Gasteiger partial charge in [0.15, 0.2) is 5.82 Å². The van der Waals surface area contributed by atoms with Gasteiger partial charge in [0, 0.05) is 0 Å². The lowest BCUT2D eigenvalue weighted by Gasteiger charge is -2.08. The van der Waals surface area contributed by atoms with Gasteiger partial charge in [-0.25, -0.2) is 4.68 Å². The van der Waals surface area contributed by atoms with Gasteiger partial charge in [-0.1, -0.05) is 12.2 Å². The SMILES string of the molecule is Cl.N#CCCn1nnnc1C(N)CCC=S.